The number of anilines is 2. The molecule has 0 atom stereocenters. The van der Waals surface area contributed by atoms with Gasteiger partial charge in [-0.3, -0.25) is 9.59 Å². The van der Waals surface area contributed by atoms with Crippen molar-refractivity contribution in [3.05, 3.63) is 54.1 Å². The van der Waals surface area contributed by atoms with Crippen LogP contribution in [0.25, 0.3) is 0 Å². The summed E-state index contributed by atoms with van der Waals surface area (Å²) in [6.07, 6.45) is 0. The number of sulfone groups is 1. The predicted molar refractivity (Wildman–Crippen MR) is 97.5 cm³/mol. The van der Waals surface area contributed by atoms with Gasteiger partial charge in [0.05, 0.1) is 4.90 Å². The summed E-state index contributed by atoms with van der Waals surface area (Å²) in [4.78, 5) is 23.3. The molecular formula is C18H18F2N2O4S. The van der Waals surface area contributed by atoms with Crippen LogP contribution in [-0.4, -0.2) is 26.0 Å². The minimum absolute atomic E-state index is 0.111. The maximum Gasteiger partial charge on any atom is 0.341 e. The van der Waals surface area contributed by atoms with Crippen LogP contribution in [0.3, 0.4) is 0 Å². The third-order valence-corrected chi connectivity index (χ3v) is 5.01. The summed E-state index contributed by atoms with van der Waals surface area (Å²) in [6.45, 7) is 3.53. The number of nitrogens with one attached hydrogen (secondary N) is 2. The van der Waals surface area contributed by atoms with E-state index in [0.717, 1.165) is 24.3 Å². The average molecular weight is 396 g/mol. The summed E-state index contributed by atoms with van der Waals surface area (Å²) >= 11 is 0. The first-order valence-electron chi connectivity index (χ1n) is 7.95. The zero-order chi connectivity index (χ0) is 20.2. The van der Waals surface area contributed by atoms with Gasteiger partial charge in [-0.05, 0) is 48.5 Å². The number of rotatable bonds is 6. The number of hydrogen-bond donors (Lipinski definition) is 2. The first kappa shape index (κ1) is 20.5. The Kier molecular flexibility index (Phi) is 6.27. The van der Waals surface area contributed by atoms with Crippen LogP contribution in [-0.2, 0) is 14.6 Å². The molecule has 2 amide bonds. The van der Waals surface area contributed by atoms with Gasteiger partial charge in [-0.2, -0.15) is 8.78 Å². The van der Waals surface area contributed by atoms with Crippen LogP contribution < -0.4 is 10.6 Å². The Morgan fingerprint density at radius 2 is 1.33 bits per heavy atom. The molecule has 2 rings (SSSR count). The van der Waals surface area contributed by atoms with Crippen LogP contribution in [0.2, 0.25) is 0 Å². The van der Waals surface area contributed by atoms with E-state index in [-0.39, 0.29) is 17.4 Å². The van der Waals surface area contributed by atoms with E-state index in [4.69, 9.17) is 0 Å². The fourth-order valence-electron chi connectivity index (χ4n) is 2.03. The van der Waals surface area contributed by atoms with Crippen LogP contribution in [0.15, 0.2) is 53.4 Å². The zero-order valence-electron chi connectivity index (χ0n) is 14.6. The number of amides is 2. The molecule has 0 bridgehead atoms. The Morgan fingerprint density at radius 3 is 1.78 bits per heavy atom. The molecule has 0 unspecified atom stereocenters. The van der Waals surface area contributed by atoms with E-state index in [1.807, 2.05) is 0 Å². The minimum atomic E-state index is -4.70. The molecule has 0 heterocycles. The van der Waals surface area contributed by atoms with Gasteiger partial charge in [0.25, 0.3) is 5.91 Å². The van der Waals surface area contributed by atoms with Crippen LogP contribution >= 0.6 is 0 Å². The Labute approximate surface area is 155 Å². The summed E-state index contributed by atoms with van der Waals surface area (Å²) in [6, 6.07) is 10.6. The summed E-state index contributed by atoms with van der Waals surface area (Å²) in [5, 5.41) is 5.31. The van der Waals surface area contributed by atoms with Crippen LogP contribution in [0.5, 0.6) is 0 Å². The molecule has 0 aliphatic rings. The van der Waals surface area contributed by atoms with E-state index in [9.17, 15) is 26.8 Å². The molecule has 0 saturated heterocycles. The highest BCUT2D eigenvalue weighted by molar-refractivity contribution is 7.91. The Hall–Kier alpha value is -2.81. The Balaban J connectivity index is 2.06. The van der Waals surface area contributed by atoms with E-state index in [1.165, 1.54) is 0 Å². The van der Waals surface area contributed by atoms with Crippen LogP contribution in [0.1, 0.15) is 24.2 Å². The lowest BCUT2D eigenvalue weighted by molar-refractivity contribution is -0.118. The van der Waals surface area contributed by atoms with Crippen molar-refractivity contribution in [1.82, 2.24) is 0 Å². The second kappa shape index (κ2) is 8.26. The predicted octanol–water partition coefficient (Wildman–Crippen LogP) is 3.53. The van der Waals surface area contributed by atoms with Crippen molar-refractivity contribution >= 4 is 33.0 Å². The number of carbonyl (C=O) groups excluding carboxylic acids is 2. The Bertz CT molecular complexity index is 925. The van der Waals surface area contributed by atoms with Crippen molar-refractivity contribution in [2.45, 2.75) is 24.5 Å². The quantitative estimate of drug-likeness (QED) is 0.781. The molecule has 0 aromatic heterocycles. The molecule has 2 aromatic rings. The van der Waals surface area contributed by atoms with Crippen molar-refractivity contribution in [2.75, 3.05) is 10.6 Å². The standard InChI is InChI=1S/C18H18F2N2O4S/c1-11(2)16(23)21-13-5-7-14(8-6-13)22-17(24)12-3-9-15(10-4-12)27(25,26)18(19)20/h3-11,18H,1-2H3,(H,21,23)(H,22,24). The van der Waals surface area contributed by atoms with Gasteiger partial charge in [0.2, 0.25) is 15.7 Å². The molecule has 0 saturated carbocycles. The van der Waals surface area contributed by atoms with Crippen molar-refractivity contribution in [1.29, 1.82) is 0 Å². The summed E-state index contributed by atoms with van der Waals surface area (Å²) in [7, 11) is -4.70. The normalized spacial score (nSPS) is 11.5. The van der Waals surface area contributed by atoms with E-state index < -0.39 is 26.4 Å². The molecule has 0 radical (unpaired) electrons. The second-order valence-electron chi connectivity index (χ2n) is 6.01. The van der Waals surface area contributed by atoms with E-state index in [1.54, 1.807) is 38.1 Å². The third-order valence-electron chi connectivity index (χ3n) is 3.61. The third kappa shape index (κ3) is 5.10. The van der Waals surface area contributed by atoms with E-state index in [2.05, 4.69) is 10.6 Å². The number of benzene rings is 2. The summed E-state index contributed by atoms with van der Waals surface area (Å²) in [5.41, 5.74) is 1.14. The van der Waals surface area contributed by atoms with Gasteiger partial charge in [-0.1, -0.05) is 13.8 Å². The number of halogens is 2. The SMILES string of the molecule is CC(C)C(=O)Nc1ccc(NC(=O)c2ccc(S(=O)(=O)C(F)F)cc2)cc1. The van der Waals surface area contributed by atoms with Gasteiger partial charge in [-0.15, -0.1) is 0 Å². The summed E-state index contributed by atoms with van der Waals surface area (Å²) in [5.74, 6) is -4.35. The van der Waals surface area contributed by atoms with Gasteiger partial charge >= 0.3 is 5.76 Å². The molecule has 2 aromatic carbocycles. The van der Waals surface area contributed by atoms with Crippen LogP contribution in [0, 0.1) is 5.92 Å². The van der Waals surface area contributed by atoms with Gasteiger partial charge in [0, 0.05) is 22.9 Å². The molecule has 0 aliphatic heterocycles. The monoisotopic (exact) mass is 396 g/mol. The molecule has 0 aliphatic carbocycles. The Morgan fingerprint density at radius 1 is 0.852 bits per heavy atom. The highest BCUT2D eigenvalue weighted by Crippen LogP contribution is 2.20. The highest BCUT2D eigenvalue weighted by Gasteiger charge is 2.26. The molecule has 0 spiro atoms. The van der Waals surface area contributed by atoms with E-state index >= 15 is 0 Å². The average Bonchev–Trinajstić information content (AvgIpc) is 2.63. The molecular weight excluding hydrogens is 378 g/mol. The fraction of sp³-hybridized carbons (Fsp3) is 0.222. The topological polar surface area (TPSA) is 92.3 Å². The van der Waals surface area contributed by atoms with Crippen molar-refractivity contribution in [3.8, 4) is 0 Å². The number of carbonyl (C=O) groups is 2. The first-order chi connectivity index (χ1) is 12.6. The fourth-order valence-corrected chi connectivity index (χ4v) is 2.75. The second-order valence-corrected chi connectivity index (χ2v) is 7.92. The van der Waals surface area contributed by atoms with Gasteiger partial charge in [0.15, 0.2) is 0 Å². The minimum Gasteiger partial charge on any atom is -0.326 e. The molecule has 6 nitrogen and oxygen atoms in total. The largest absolute Gasteiger partial charge is 0.341 e. The maximum atomic E-state index is 12.5. The maximum absolute atomic E-state index is 12.5. The molecule has 2 N–H and O–H groups in total. The van der Waals surface area contributed by atoms with Crippen molar-refractivity contribution < 1.29 is 26.8 Å². The lowest BCUT2D eigenvalue weighted by Crippen LogP contribution is -2.17. The highest BCUT2D eigenvalue weighted by atomic mass is 32.2. The molecule has 0 fully saturated rings. The smallest absolute Gasteiger partial charge is 0.326 e. The molecule has 9 heteroatoms. The first-order valence-corrected chi connectivity index (χ1v) is 9.50. The van der Waals surface area contributed by atoms with Crippen LogP contribution in [0.4, 0.5) is 20.2 Å². The van der Waals surface area contributed by atoms with Gasteiger partial charge in [0.1, 0.15) is 0 Å². The molecule has 27 heavy (non-hydrogen) atoms. The van der Waals surface area contributed by atoms with Gasteiger partial charge in [-0.25, -0.2) is 8.42 Å². The van der Waals surface area contributed by atoms with Crippen molar-refractivity contribution in [2.24, 2.45) is 5.92 Å². The van der Waals surface area contributed by atoms with Crippen molar-refractivity contribution in [3.63, 3.8) is 0 Å². The van der Waals surface area contributed by atoms with E-state index in [0.29, 0.717) is 11.4 Å². The molecule has 144 valence electrons. The lowest BCUT2D eigenvalue weighted by atomic mass is 10.2. The van der Waals surface area contributed by atoms with Gasteiger partial charge < -0.3 is 10.6 Å². The number of hydrogen-bond acceptors (Lipinski definition) is 4. The lowest BCUT2D eigenvalue weighted by Gasteiger charge is -2.10. The number of alkyl halides is 2. The summed E-state index contributed by atoms with van der Waals surface area (Å²) < 4.78 is 47.8. The zero-order valence-corrected chi connectivity index (χ0v) is 15.4.